The number of benzene rings is 9. The first kappa shape index (κ1) is 32.2. The molecule has 260 valence electrons. The Hall–Kier alpha value is -7.43. The van der Waals surface area contributed by atoms with Crippen molar-refractivity contribution in [2.75, 3.05) is 9.80 Å². The maximum atomic E-state index is 5.61. The number of para-hydroxylation sites is 5. The molecule has 9 aromatic carbocycles. The standard InChI is InChI=1S/C51H36N4/c1-7-19-37(20-8-1)51-52-49-47-35-43(53(38-21-9-2-10-22-38)39-23-11-3-12-24-39)31-33-45(47)46-34-32-44(36-48(46)50(49)55(51)42-29-17-6-18-30-42)54(40-25-13-4-14-26-40)41-27-15-5-16-28-41/h1-36H. The van der Waals surface area contributed by atoms with Crippen LogP contribution in [0.5, 0.6) is 0 Å². The molecule has 55 heavy (non-hydrogen) atoms. The van der Waals surface area contributed by atoms with Crippen molar-refractivity contribution in [3.05, 3.63) is 218 Å². The van der Waals surface area contributed by atoms with E-state index in [1.54, 1.807) is 0 Å². The minimum absolute atomic E-state index is 0.900. The molecule has 0 spiro atoms. The van der Waals surface area contributed by atoms with Gasteiger partial charge in [0.15, 0.2) is 0 Å². The molecule has 0 unspecified atom stereocenters. The lowest BCUT2D eigenvalue weighted by molar-refractivity contribution is 1.11. The van der Waals surface area contributed by atoms with Gasteiger partial charge in [-0.25, -0.2) is 4.98 Å². The quantitative estimate of drug-likeness (QED) is 0.147. The van der Waals surface area contributed by atoms with E-state index in [9.17, 15) is 0 Å². The number of fused-ring (bicyclic) bond motifs is 6. The molecule has 0 N–H and O–H groups in total. The first-order valence-corrected chi connectivity index (χ1v) is 18.6. The van der Waals surface area contributed by atoms with Gasteiger partial charge in [-0.1, -0.05) is 133 Å². The van der Waals surface area contributed by atoms with Crippen molar-refractivity contribution in [3.63, 3.8) is 0 Å². The molecule has 0 radical (unpaired) electrons. The highest BCUT2D eigenvalue weighted by atomic mass is 15.1. The van der Waals surface area contributed by atoms with Crippen molar-refractivity contribution in [1.82, 2.24) is 9.55 Å². The summed E-state index contributed by atoms with van der Waals surface area (Å²) >= 11 is 0. The highest BCUT2D eigenvalue weighted by Gasteiger charge is 2.23. The number of rotatable bonds is 8. The van der Waals surface area contributed by atoms with Crippen LogP contribution in [0.15, 0.2) is 218 Å². The molecule has 4 nitrogen and oxygen atoms in total. The van der Waals surface area contributed by atoms with E-state index in [0.717, 1.165) is 78.4 Å². The maximum absolute atomic E-state index is 5.61. The van der Waals surface area contributed by atoms with Crippen LogP contribution in [0.2, 0.25) is 0 Å². The SMILES string of the molecule is c1ccc(-c2nc3c4cc(N(c5ccccc5)c5ccccc5)ccc4c4ccc(N(c5ccccc5)c5ccccc5)cc4c3n2-c2ccccc2)cc1. The molecule has 1 heterocycles. The van der Waals surface area contributed by atoms with Gasteiger partial charge in [0.25, 0.3) is 0 Å². The van der Waals surface area contributed by atoms with Crippen LogP contribution in [0.4, 0.5) is 34.1 Å². The van der Waals surface area contributed by atoms with Crippen molar-refractivity contribution in [2.24, 2.45) is 0 Å². The average molecular weight is 705 g/mol. The van der Waals surface area contributed by atoms with Crippen LogP contribution >= 0.6 is 0 Å². The Morgan fingerprint density at radius 1 is 0.327 bits per heavy atom. The number of imidazole rings is 1. The summed E-state index contributed by atoms with van der Waals surface area (Å²) in [6.07, 6.45) is 0. The Bertz CT molecular complexity index is 2810. The van der Waals surface area contributed by atoms with Crippen LogP contribution in [0, 0.1) is 0 Å². The predicted octanol–water partition coefficient (Wildman–Crippen LogP) is 13.9. The summed E-state index contributed by atoms with van der Waals surface area (Å²) in [5.74, 6) is 0.900. The second kappa shape index (κ2) is 13.8. The summed E-state index contributed by atoms with van der Waals surface area (Å²) in [4.78, 5) is 10.3. The second-order valence-corrected chi connectivity index (χ2v) is 13.6. The van der Waals surface area contributed by atoms with Crippen LogP contribution in [0.25, 0.3) is 49.7 Å². The first-order valence-electron chi connectivity index (χ1n) is 18.6. The summed E-state index contributed by atoms with van der Waals surface area (Å²) in [6.45, 7) is 0. The Kier molecular flexibility index (Phi) is 8.12. The van der Waals surface area contributed by atoms with Crippen molar-refractivity contribution < 1.29 is 0 Å². The van der Waals surface area contributed by atoms with Crippen LogP contribution < -0.4 is 9.80 Å². The van der Waals surface area contributed by atoms with Gasteiger partial charge in [0.05, 0.1) is 11.0 Å². The molecule has 0 aliphatic carbocycles. The number of nitrogens with zero attached hydrogens (tertiary/aromatic N) is 4. The van der Waals surface area contributed by atoms with E-state index in [-0.39, 0.29) is 0 Å². The largest absolute Gasteiger partial charge is 0.310 e. The molecule has 0 bridgehead atoms. The molecule has 0 saturated heterocycles. The summed E-state index contributed by atoms with van der Waals surface area (Å²) in [5, 5.41) is 4.55. The minimum atomic E-state index is 0.900. The highest BCUT2D eigenvalue weighted by Crippen LogP contribution is 2.45. The third kappa shape index (κ3) is 5.77. The van der Waals surface area contributed by atoms with Gasteiger partial charge in [-0.3, -0.25) is 4.57 Å². The van der Waals surface area contributed by atoms with Gasteiger partial charge < -0.3 is 9.80 Å². The average Bonchev–Trinajstić information content (AvgIpc) is 3.68. The zero-order valence-electron chi connectivity index (χ0n) is 30.1. The maximum Gasteiger partial charge on any atom is 0.145 e. The topological polar surface area (TPSA) is 24.3 Å². The fourth-order valence-electron chi connectivity index (χ4n) is 7.87. The predicted molar refractivity (Wildman–Crippen MR) is 231 cm³/mol. The monoisotopic (exact) mass is 704 g/mol. The Morgan fingerprint density at radius 3 is 1.16 bits per heavy atom. The molecule has 0 aliphatic heterocycles. The summed E-state index contributed by atoms with van der Waals surface area (Å²) < 4.78 is 2.35. The highest BCUT2D eigenvalue weighted by molar-refractivity contribution is 6.25. The molecule has 10 aromatic rings. The molecular weight excluding hydrogens is 669 g/mol. The van der Waals surface area contributed by atoms with E-state index in [4.69, 9.17) is 4.98 Å². The van der Waals surface area contributed by atoms with Gasteiger partial charge in [-0.05, 0) is 95.7 Å². The smallest absolute Gasteiger partial charge is 0.145 e. The van der Waals surface area contributed by atoms with Gasteiger partial charge in [-0.2, -0.15) is 0 Å². The summed E-state index contributed by atoms with van der Waals surface area (Å²) in [6, 6.07) is 77.3. The van der Waals surface area contributed by atoms with Crippen LogP contribution in [-0.2, 0) is 0 Å². The molecule has 1 aromatic heterocycles. The molecule has 0 fully saturated rings. The third-order valence-electron chi connectivity index (χ3n) is 10.3. The van der Waals surface area contributed by atoms with E-state index >= 15 is 0 Å². The van der Waals surface area contributed by atoms with E-state index in [2.05, 4.69) is 233 Å². The van der Waals surface area contributed by atoms with E-state index < -0.39 is 0 Å². The molecule has 0 amide bonds. The van der Waals surface area contributed by atoms with Gasteiger partial charge in [-0.15, -0.1) is 0 Å². The molecule has 0 atom stereocenters. The molecule has 0 aliphatic rings. The molecule has 4 heteroatoms. The summed E-state index contributed by atoms with van der Waals surface area (Å²) in [7, 11) is 0. The van der Waals surface area contributed by atoms with Crippen molar-refractivity contribution in [1.29, 1.82) is 0 Å². The van der Waals surface area contributed by atoms with Crippen LogP contribution in [-0.4, -0.2) is 9.55 Å². The second-order valence-electron chi connectivity index (χ2n) is 13.6. The lowest BCUT2D eigenvalue weighted by atomic mass is 9.97. The van der Waals surface area contributed by atoms with Gasteiger partial charge in [0.2, 0.25) is 0 Å². The zero-order chi connectivity index (χ0) is 36.6. The third-order valence-corrected chi connectivity index (χ3v) is 10.3. The fourth-order valence-corrected chi connectivity index (χ4v) is 7.87. The lowest BCUT2D eigenvalue weighted by Crippen LogP contribution is -2.10. The molecule has 10 rings (SSSR count). The van der Waals surface area contributed by atoms with Crippen molar-refractivity contribution >= 4 is 66.7 Å². The Balaban J connectivity index is 1.32. The summed E-state index contributed by atoms with van der Waals surface area (Å²) in [5.41, 5.74) is 10.7. The van der Waals surface area contributed by atoms with Gasteiger partial charge >= 0.3 is 0 Å². The lowest BCUT2D eigenvalue weighted by Gasteiger charge is -2.27. The van der Waals surface area contributed by atoms with E-state index in [1.165, 1.54) is 5.39 Å². The minimum Gasteiger partial charge on any atom is -0.310 e. The first-order chi connectivity index (χ1) is 27.3. The van der Waals surface area contributed by atoms with Crippen LogP contribution in [0.1, 0.15) is 0 Å². The van der Waals surface area contributed by atoms with E-state index in [1.807, 2.05) is 0 Å². The normalized spacial score (nSPS) is 11.3. The Labute approximate surface area is 320 Å². The number of anilines is 6. The number of hydrogen-bond acceptors (Lipinski definition) is 3. The zero-order valence-corrected chi connectivity index (χ0v) is 30.1. The van der Waals surface area contributed by atoms with Gasteiger partial charge in [0, 0.05) is 56.1 Å². The number of hydrogen-bond donors (Lipinski definition) is 0. The number of aromatic nitrogens is 2. The fraction of sp³-hybridized carbons (Fsp3) is 0. The Morgan fingerprint density at radius 2 is 0.709 bits per heavy atom. The van der Waals surface area contributed by atoms with Crippen molar-refractivity contribution in [3.8, 4) is 17.1 Å². The van der Waals surface area contributed by atoms with Crippen molar-refractivity contribution in [2.45, 2.75) is 0 Å². The molecular formula is C51H36N4. The van der Waals surface area contributed by atoms with E-state index in [0.29, 0.717) is 0 Å². The van der Waals surface area contributed by atoms with Crippen LogP contribution in [0.3, 0.4) is 0 Å². The molecule has 0 saturated carbocycles. The van der Waals surface area contributed by atoms with Gasteiger partial charge in [0.1, 0.15) is 5.82 Å².